The van der Waals surface area contributed by atoms with Crippen LogP contribution in [0.5, 0.6) is 0 Å². The molecule has 1 aromatic heterocycles. The number of para-hydroxylation sites is 1. The molecule has 0 amide bonds. The normalized spacial score (nSPS) is 18.7. The van der Waals surface area contributed by atoms with Crippen LogP contribution in [0.15, 0.2) is 36.7 Å². The van der Waals surface area contributed by atoms with Crippen LogP contribution < -0.4 is 10.2 Å². The molecule has 1 aromatic carbocycles. The quantitative estimate of drug-likeness (QED) is 0.824. The molecule has 9 heteroatoms. The average Bonchev–Trinajstić information content (AvgIpc) is 2.95. The predicted molar refractivity (Wildman–Crippen MR) is 94.2 cm³/mol. The second-order valence-electron chi connectivity index (χ2n) is 5.90. The molecule has 132 valence electrons. The molecule has 2 aromatic rings. The molecule has 1 fully saturated rings. The molecule has 1 aliphatic rings. The number of rotatable bonds is 5. The third-order valence-corrected chi connectivity index (χ3v) is 5.94. The number of aromatic carboxylic acids is 1. The molecule has 3 rings (SSSR count). The first kappa shape index (κ1) is 17.2. The van der Waals surface area contributed by atoms with Crippen molar-refractivity contribution in [2.75, 3.05) is 28.8 Å². The van der Waals surface area contributed by atoms with E-state index in [0.717, 1.165) is 0 Å². The van der Waals surface area contributed by atoms with Crippen LogP contribution in [0.4, 0.5) is 17.3 Å². The topological polar surface area (TPSA) is 112 Å². The van der Waals surface area contributed by atoms with Gasteiger partial charge in [0.15, 0.2) is 9.84 Å². The van der Waals surface area contributed by atoms with Crippen LogP contribution in [-0.2, 0) is 9.84 Å². The molecule has 2 heterocycles. The number of sulfone groups is 1. The van der Waals surface area contributed by atoms with Crippen molar-refractivity contribution in [3.05, 3.63) is 42.2 Å². The Hall–Kier alpha value is -2.68. The van der Waals surface area contributed by atoms with Crippen molar-refractivity contribution in [1.82, 2.24) is 9.97 Å². The van der Waals surface area contributed by atoms with Crippen molar-refractivity contribution in [3.63, 3.8) is 0 Å². The number of anilines is 3. The maximum Gasteiger partial charge on any atom is 0.337 e. The SMILES string of the molecule is CN(c1cc(Nc2ccccc2C(=O)O)ncn1)C1CCS(=O)(=O)C1. The molecule has 25 heavy (non-hydrogen) atoms. The molecule has 1 aliphatic heterocycles. The minimum atomic E-state index is -2.99. The van der Waals surface area contributed by atoms with Crippen LogP contribution in [0.2, 0.25) is 0 Å². The van der Waals surface area contributed by atoms with Crippen LogP contribution in [0.1, 0.15) is 16.8 Å². The summed E-state index contributed by atoms with van der Waals surface area (Å²) in [5, 5.41) is 12.2. The van der Waals surface area contributed by atoms with Crippen LogP contribution in [0.3, 0.4) is 0 Å². The average molecular weight is 362 g/mol. The molecule has 8 nitrogen and oxygen atoms in total. The van der Waals surface area contributed by atoms with E-state index >= 15 is 0 Å². The zero-order valence-corrected chi connectivity index (χ0v) is 14.4. The fourth-order valence-electron chi connectivity index (χ4n) is 2.79. The molecule has 1 unspecified atom stereocenters. The molecule has 0 saturated carbocycles. The lowest BCUT2D eigenvalue weighted by atomic mass is 10.2. The first-order valence-corrected chi connectivity index (χ1v) is 9.52. The summed E-state index contributed by atoms with van der Waals surface area (Å²) < 4.78 is 23.3. The minimum Gasteiger partial charge on any atom is -0.478 e. The first-order valence-electron chi connectivity index (χ1n) is 7.70. The molecular weight excluding hydrogens is 344 g/mol. The van der Waals surface area contributed by atoms with Crippen LogP contribution >= 0.6 is 0 Å². The molecule has 1 saturated heterocycles. The van der Waals surface area contributed by atoms with Gasteiger partial charge >= 0.3 is 5.97 Å². The Kier molecular flexibility index (Phi) is 4.58. The second-order valence-corrected chi connectivity index (χ2v) is 8.13. The van der Waals surface area contributed by atoms with Crippen molar-refractivity contribution < 1.29 is 18.3 Å². The van der Waals surface area contributed by atoms with Gasteiger partial charge in [0.05, 0.1) is 22.8 Å². The van der Waals surface area contributed by atoms with E-state index in [9.17, 15) is 18.3 Å². The summed E-state index contributed by atoms with van der Waals surface area (Å²) in [6.45, 7) is 0. The van der Waals surface area contributed by atoms with Gasteiger partial charge in [-0.15, -0.1) is 0 Å². The van der Waals surface area contributed by atoms with Gasteiger partial charge in [-0.3, -0.25) is 0 Å². The maximum absolute atomic E-state index is 11.7. The van der Waals surface area contributed by atoms with Crippen LogP contribution in [0.25, 0.3) is 0 Å². The summed E-state index contributed by atoms with van der Waals surface area (Å²) in [6, 6.07) is 8.07. The summed E-state index contributed by atoms with van der Waals surface area (Å²) in [7, 11) is -1.19. The minimum absolute atomic E-state index is 0.109. The fraction of sp³-hybridized carbons (Fsp3) is 0.312. The Labute approximate surface area is 145 Å². The van der Waals surface area contributed by atoms with E-state index in [2.05, 4.69) is 15.3 Å². The monoisotopic (exact) mass is 362 g/mol. The highest BCUT2D eigenvalue weighted by Crippen LogP contribution is 2.24. The van der Waals surface area contributed by atoms with E-state index in [1.54, 1.807) is 31.3 Å². The van der Waals surface area contributed by atoms with Gasteiger partial charge < -0.3 is 15.3 Å². The Bertz CT molecular complexity index is 901. The van der Waals surface area contributed by atoms with Crippen molar-refractivity contribution in [2.45, 2.75) is 12.5 Å². The Balaban J connectivity index is 1.82. The number of nitrogens with zero attached hydrogens (tertiary/aromatic N) is 3. The van der Waals surface area contributed by atoms with Gasteiger partial charge in [-0.25, -0.2) is 23.2 Å². The number of hydrogen-bond acceptors (Lipinski definition) is 7. The van der Waals surface area contributed by atoms with E-state index in [1.807, 2.05) is 4.90 Å². The largest absolute Gasteiger partial charge is 0.478 e. The van der Waals surface area contributed by atoms with Crippen molar-refractivity contribution in [3.8, 4) is 0 Å². The third-order valence-electron chi connectivity index (χ3n) is 4.19. The van der Waals surface area contributed by atoms with Gasteiger partial charge in [-0.2, -0.15) is 0 Å². The Morgan fingerprint density at radius 3 is 2.76 bits per heavy atom. The molecular formula is C16H18N4O4S. The second kappa shape index (κ2) is 6.67. The smallest absolute Gasteiger partial charge is 0.337 e. The van der Waals surface area contributed by atoms with Gasteiger partial charge in [-0.1, -0.05) is 12.1 Å². The van der Waals surface area contributed by atoms with E-state index < -0.39 is 15.8 Å². The number of hydrogen-bond donors (Lipinski definition) is 2. The summed E-state index contributed by atoms with van der Waals surface area (Å²) in [5.41, 5.74) is 0.559. The van der Waals surface area contributed by atoms with E-state index in [0.29, 0.717) is 23.7 Å². The van der Waals surface area contributed by atoms with E-state index in [1.165, 1.54) is 12.4 Å². The van der Waals surface area contributed by atoms with E-state index in [-0.39, 0.29) is 23.1 Å². The Morgan fingerprint density at radius 2 is 2.08 bits per heavy atom. The third kappa shape index (κ3) is 3.87. The standard InChI is InChI=1S/C16H18N4O4S/c1-20(11-6-7-25(23,24)9-11)15-8-14(17-10-18-15)19-13-5-3-2-4-12(13)16(21)22/h2-5,8,10-11H,6-7,9H2,1H3,(H,21,22)(H,17,18,19). The summed E-state index contributed by atoms with van der Waals surface area (Å²) >= 11 is 0. The maximum atomic E-state index is 11.7. The summed E-state index contributed by atoms with van der Waals surface area (Å²) in [4.78, 5) is 21.4. The van der Waals surface area contributed by atoms with Gasteiger partial charge in [0.1, 0.15) is 18.0 Å². The summed E-state index contributed by atoms with van der Waals surface area (Å²) in [6.07, 6.45) is 1.93. The predicted octanol–water partition coefficient (Wildman–Crippen LogP) is 1.54. The van der Waals surface area contributed by atoms with Crippen LogP contribution in [0, 0.1) is 0 Å². The Morgan fingerprint density at radius 1 is 1.32 bits per heavy atom. The molecule has 1 atom stereocenters. The van der Waals surface area contributed by atoms with E-state index in [4.69, 9.17) is 0 Å². The zero-order valence-electron chi connectivity index (χ0n) is 13.6. The summed E-state index contributed by atoms with van der Waals surface area (Å²) in [5.74, 6) is 0.270. The lowest BCUT2D eigenvalue weighted by Crippen LogP contribution is -2.33. The molecule has 0 spiro atoms. The highest BCUT2D eigenvalue weighted by molar-refractivity contribution is 7.91. The van der Waals surface area contributed by atoms with Gasteiger partial charge in [0.25, 0.3) is 0 Å². The molecule has 0 radical (unpaired) electrons. The van der Waals surface area contributed by atoms with Gasteiger partial charge in [-0.05, 0) is 18.6 Å². The fourth-order valence-corrected chi connectivity index (χ4v) is 4.57. The lowest BCUT2D eigenvalue weighted by Gasteiger charge is -2.24. The van der Waals surface area contributed by atoms with Gasteiger partial charge in [0, 0.05) is 19.2 Å². The number of aromatic nitrogens is 2. The van der Waals surface area contributed by atoms with Gasteiger partial charge in [0.2, 0.25) is 0 Å². The highest BCUT2D eigenvalue weighted by atomic mass is 32.2. The molecule has 2 N–H and O–H groups in total. The number of carboxylic acids is 1. The lowest BCUT2D eigenvalue weighted by molar-refractivity contribution is 0.0698. The molecule has 0 bridgehead atoms. The number of nitrogens with one attached hydrogen (secondary N) is 1. The highest BCUT2D eigenvalue weighted by Gasteiger charge is 2.31. The first-order chi connectivity index (χ1) is 11.9. The van der Waals surface area contributed by atoms with Crippen LogP contribution in [-0.4, -0.2) is 54.1 Å². The molecule has 0 aliphatic carbocycles. The number of carbonyl (C=O) groups is 1. The van der Waals surface area contributed by atoms with Crippen molar-refractivity contribution in [2.24, 2.45) is 0 Å². The number of benzene rings is 1. The zero-order chi connectivity index (χ0) is 18.0. The van der Waals surface area contributed by atoms with Crippen molar-refractivity contribution >= 4 is 33.1 Å². The van der Waals surface area contributed by atoms with Crippen molar-refractivity contribution in [1.29, 1.82) is 0 Å². The number of carboxylic acid groups (broad SMARTS) is 1.